The Balaban J connectivity index is 2.01. The third-order valence-electron chi connectivity index (χ3n) is 4.25. The van der Waals surface area contributed by atoms with E-state index in [2.05, 4.69) is 0 Å². The molecule has 0 radical (unpaired) electrons. The number of rotatable bonds is 3. The Hall–Kier alpha value is -2.05. The number of anilines is 1. The summed E-state index contributed by atoms with van der Waals surface area (Å²) in [4.78, 5) is 18.6. The van der Waals surface area contributed by atoms with E-state index in [9.17, 15) is 18.0 Å². The van der Waals surface area contributed by atoms with Gasteiger partial charge in [-0.05, 0) is 35.7 Å². The van der Waals surface area contributed by atoms with Gasteiger partial charge in [0.05, 0.1) is 11.3 Å². The predicted octanol–water partition coefficient (Wildman–Crippen LogP) is 5.19. The van der Waals surface area contributed by atoms with Crippen molar-refractivity contribution in [2.24, 2.45) is 5.92 Å². The number of hydroxylamine groups is 1. The quantitative estimate of drug-likeness (QED) is 0.745. The minimum absolute atomic E-state index is 0.282. The number of carbonyl (C=O) groups is 1. The number of nitrogens with zero attached hydrogens (tertiary/aromatic N) is 1. The molecule has 1 atom stereocenters. The molecule has 3 rings (SSSR count). The molecule has 0 bridgehead atoms. The van der Waals surface area contributed by atoms with Crippen LogP contribution in [0.1, 0.15) is 25.0 Å². The molecule has 1 heterocycles. The monoisotopic (exact) mass is 369 g/mol. The highest BCUT2D eigenvalue weighted by Crippen LogP contribution is 2.48. The van der Waals surface area contributed by atoms with Gasteiger partial charge < -0.3 is 0 Å². The average Bonchev–Trinajstić information content (AvgIpc) is 2.54. The molecule has 0 aromatic heterocycles. The zero-order valence-corrected chi connectivity index (χ0v) is 14.2. The summed E-state index contributed by atoms with van der Waals surface area (Å²) in [5.41, 5.74) is -2.01. The van der Waals surface area contributed by atoms with E-state index in [1.54, 1.807) is 38.1 Å². The summed E-state index contributed by atoms with van der Waals surface area (Å²) < 4.78 is 39.6. The molecule has 0 aliphatic carbocycles. The van der Waals surface area contributed by atoms with Crippen molar-refractivity contribution in [3.8, 4) is 0 Å². The Bertz CT molecular complexity index is 805. The summed E-state index contributed by atoms with van der Waals surface area (Å²) in [6.45, 7) is 3.55. The summed E-state index contributed by atoms with van der Waals surface area (Å²) in [6.07, 6.45) is -4.59. The maximum absolute atomic E-state index is 13.2. The molecule has 1 aliphatic heterocycles. The molecule has 0 N–H and O–H groups in total. The van der Waals surface area contributed by atoms with Crippen LogP contribution >= 0.6 is 11.6 Å². The van der Waals surface area contributed by atoms with E-state index >= 15 is 0 Å². The Kier molecular flexibility index (Phi) is 4.29. The zero-order valence-electron chi connectivity index (χ0n) is 13.5. The lowest BCUT2D eigenvalue weighted by atomic mass is 9.80. The van der Waals surface area contributed by atoms with Gasteiger partial charge in [0.25, 0.3) is 5.91 Å². The zero-order chi connectivity index (χ0) is 18.4. The van der Waals surface area contributed by atoms with E-state index < -0.39 is 23.2 Å². The molecule has 25 heavy (non-hydrogen) atoms. The molecule has 3 nitrogen and oxygen atoms in total. The standard InChI is InChI=1S/C18H15ClF3NO2/c1-11(2)17(12-7-9-13(19)10-8-12)16(24)23(25-17)15-6-4-3-5-14(15)18(20,21)22/h3-11H,1-2H3/t17-/m0/s1. The molecule has 0 unspecified atom stereocenters. The van der Waals surface area contributed by atoms with Crippen LogP contribution < -0.4 is 5.06 Å². The second-order valence-corrected chi connectivity index (χ2v) is 6.54. The van der Waals surface area contributed by atoms with E-state index in [1.807, 2.05) is 0 Å². The molecule has 2 aromatic rings. The van der Waals surface area contributed by atoms with Gasteiger partial charge >= 0.3 is 6.18 Å². The Labute approximate surface area is 147 Å². The first-order valence-corrected chi connectivity index (χ1v) is 8.01. The lowest BCUT2D eigenvalue weighted by Gasteiger charge is -2.50. The number of para-hydroxylation sites is 1. The number of benzene rings is 2. The maximum Gasteiger partial charge on any atom is 0.418 e. The number of amides is 1. The second-order valence-electron chi connectivity index (χ2n) is 6.10. The van der Waals surface area contributed by atoms with Gasteiger partial charge in [0.15, 0.2) is 0 Å². The topological polar surface area (TPSA) is 29.5 Å². The van der Waals surface area contributed by atoms with Gasteiger partial charge in [-0.15, -0.1) is 0 Å². The SMILES string of the molecule is CC(C)[C@@]1(c2ccc(Cl)cc2)ON(c2ccccc2C(F)(F)F)C1=O. The van der Waals surface area contributed by atoms with Crippen LogP contribution in [-0.2, 0) is 21.4 Å². The van der Waals surface area contributed by atoms with Gasteiger partial charge in [-0.25, -0.2) is 4.84 Å². The van der Waals surface area contributed by atoms with Crippen LogP contribution in [0.4, 0.5) is 18.9 Å². The van der Waals surface area contributed by atoms with Crippen LogP contribution in [0, 0.1) is 5.92 Å². The molecule has 7 heteroatoms. The minimum Gasteiger partial charge on any atom is -0.268 e. The van der Waals surface area contributed by atoms with Gasteiger partial charge in [-0.2, -0.15) is 18.2 Å². The van der Waals surface area contributed by atoms with Crippen LogP contribution in [0.25, 0.3) is 0 Å². The van der Waals surface area contributed by atoms with Crippen molar-refractivity contribution in [2.75, 3.05) is 5.06 Å². The number of hydrogen-bond acceptors (Lipinski definition) is 2. The summed E-state index contributed by atoms with van der Waals surface area (Å²) in [5.74, 6) is -0.822. The Morgan fingerprint density at radius 1 is 1.08 bits per heavy atom. The van der Waals surface area contributed by atoms with Crippen LogP contribution in [0.3, 0.4) is 0 Å². The smallest absolute Gasteiger partial charge is 0.268 e. The summed E-state index contributed by atoms with van der Waals surface area (Å²) >= 11 is 5.87. The summed E-state index contributed by atoms with van der Waals surface area (Å²) in [7, 11) is 0. The van der Waals surface area contributed by atoms with E-state index in [0.29, 0.717) is 10.6 Å². The fraction of sp³-hybridized carbons (Fsp3) is 0.278. The van der Waals surface area contributed by atoms with Crippen molar-refractivity contribution in [1.29, 1.82) is 0 Å². The number of alkyl halides is 3. The minimum atomic E-state index is -4.59. The summed E-state index contributed by atoms with van der Waals surface area (Å²) in [6, 6.07) is 11.4. The highest BCUT2D eigenvalue weighted by atomic mass is 35.5. The van der Waals surface area contributed by atoms with Crippen molar-refractivity contribution in [3.05, 3.63) is 64.7 Å². The van der Waals surface area contributed by atoms with Gasteiger partial charge in [-0.3, -0.25) is 4.79 Å². The molecule has 1 aliphatic rings. The lowest BCUT2D eigenvalue weighted by molar-refractivity contribution is -0.202. The van der Waals surface area contributed by atoms with Crippen molar-refractivity contribution < 1.29 is 22.8 Å². The van der Waals surface area contributed by atoms with Crippen LogP contribution in [0.2, 0.25) is 5.02 Å². The Morgan fingerprint density at radius 2 is 1.68 bits per heavy atom. The molecule has 2 aromatic carbocycles. The molecular weight excluding hydrogens is 355 g/mol. The fourth-order valence-electron chi connectivity index (χ4n) is 2.94. The van der Waals surface area contributed by atoms with E-state index in [0.717, 1.165) is 11.1 Å². The molecule has 1 saturated heterocycles. The lowest BCUT2D eigenvalue weighted by Crippen LogP contribution is -2.65. The third kappa shape index (κ3) is 2.79. The second kappa shape index (κ2) is 6.04. The highest BCUT2D eigenvalue weighted by molar-refractivity contribution is 6.30. The first-order valence-electron chi connectivity index (χ1n) is 7.64. The number of hydrogen-bond donors (Lipinski definition) is 0. The van der Waals surface area contributed by atoms with E-state index in [4.69, 9.17) is 16.4 Å². The number of halogens is 4. The van der Waals surface area contributed by atoms with Gasteiger partial charge in [0.2, 0.25) is 5.60 Å². The normalized spacial score (nSPS) is 20.8. The largest absolute Gasteiger partial charge is 0.418 e. The first-order chi connectivity index (χ1) is 11.7. The van der Waals surface area contributed by atoms with Gasteiger partial charge in [-0.1, -0.05) is 49.7 Å². The average molecular weight is 370 g/mol. The molecule has 132 valence electrons. The van der Waals surface area contributed by atoms with Crippen LogP contribution in [0.15, 0.2) is 48.5 Å². The summed E-state index contributed by atoms with van der Waals surface area (Å²) in [5, 5.41) is 1.21. The third-order valence-corrected chi connectivity index (χ3v) is 4.50. The molecule has 1 fully saturated rings. The van der Waals surface area contributed by atoms with Gasteiger partial charge in [0.1, 0.15) is 0 Å². The van der Waals surface area contributed by atoms with Crippen LogP contribution in [0.5, 0.6) is 0 Å². The van der Waals surface area contributed by atoms with Crippen molar-refractivity contribution in [1.82, 2.24) is 0 Å². The molecule has 1 amide bonds. The predicted molar refractivity (Wildman–Crippen MR) is 88.0 cm³/mol. The molecule has 0 spiro atoms. The van der Waals surface area contributed by atoms with Crippen molar-refractivity contribution >= 4 is 23.2 Å². The van der Waals surface area contributed by atoms with Crippen molar-refractivity contribution in [3.63, 3.8) is 0 Å². The molecule has 0 saturated carbocycles. The highest BCUT2D eigenvalue weighted by Gasteiger charge is 2.59. The van der Waals surface area contributed by atoms with Crippen molar-refractivity contribution in [2.45, 2.75) is 25.6 Å². The van der Waals surface area contributed by atoms with Crippen LogP contribution in [-0.4, -0.2) is 5.91 Å². The fourth-order valence-corrected chi connectivity index (χ4v) is 3.07. The Morgan fingerprint density at radius 3 is 2.20 bits per heavy atom. The first kappa shape index (κ1) is 17.8. The maximum atomic E-state index is 13.2. The van der Waals surface area contributed by atoms with Gasteiger partial charge in [0, 0.05) is 5.02 Å². The van der Waals surface area contributed by atoms with E-state index in [-0.39, 0.29) is 11.6 Å². The number of carbonyl (C=O) groups excluding carboxylic acids is 1. The molecular formula is C18H15ClF3NO2. The van der Waals surface area contributed by atoms with E-state index in [1.165, 1.54) is 18.2 Å².